The van der Waals surface area contributed by atoms with Crippen LogP contribution in [0.2, 0.25) is 0 Å². The van der Waals surface area contributed by atoms with Gasteiger partial charge in [-0.15, -0.1) is 0 Å². The van der Waals surface area contributed by atoms with Crippen LogP contribution in [0.5, 0.6) is 11.5 Å². The minimum Gasteiger partial charge on any atom is -0.457 e. The van der Waals surface area contributed by atoms with Gasteiger partial charge in [-0.3, -0.25) is 0 Å². The molecule has 0 bridgehead atoms. The fraction of sp³-hybridized carbons (Fsp3) is 0.143. The SMILES string of the molecule is Cc1ccc(Oc2cc(C)cc(F)c2)cc1. The average Bonchev–Trinajstić information content (AvgIpc) is 2.20. The van der Waals surface area contributed by atoms with Crippen molar-refractivity contribution < 1.29 is 9.13 Å². The summed E-state index contributed by atoms with van der Waals surface area (Å²) in [5.41, 5.74) is 2.02. The predicted octanol–water partition coefficient (Wildman–Crippen LogP) is 4.23. The molecule has 0 N–H and O–H groups in total. The molecule has 0 atom stereocenters. The Morgan fingerprint density at radius 2 is 1.50 bits per heavy atom. The molecule has 0 unspecified atom stereocenters. The van der Waals surface area contributed by atoms with Gasteiger partial charge >= 0.3 is 0 Å². The lowest BCUT2D eigenvalue weighted by molar-refractivity contribution is 0.476. The molecule has 0 aromatic heterocycles. The highest BCUT2D eigenvalue weighted by Crippen LogP contribution is 2.23. The minimum absolute atomic E-state index is 0.276. The fourth-order valence-electron chi connectivity index (χ4n) is 1.50. The van der Waals surface area contributed by atoms with Crippen molar-refractivity contribution in [1.82, 2.24) is 0 Å². The first-order valence-electron chi connectivity index (χ1n) is 5.15. The fourth-order valence-corrected chi connectivity index (χ4v) is 1.50. The lowest BCUT2D eigenvalue weighted by Crippen LogP contribution is -1.87. The van der Waals surface area contributed by atoms with Gasteiger partial charge < -0.3 is 4.74 Å². The molecule has 1 nitrogen and oxygen atoms in total. The van der Waals surface area contributed by atoms with E-state index >= 15 is 0 Å². The van der Waals surface area contributed by atoms with E-state index < -0.39 is 0 Å². The largest absolute Gasteiger partial charge is 0.457 e. The Balaban J connectivity index is 2.23. The van der Waals surface area contributed by atoms with Crippen LogP contribution < -0.4 is 4.74 Å². The third-order valence-electron chi connectivity index (χ3n) is 2.27. The third-order valence-corrected chi connectivity index (χ3v) is 2.27. The van der Waals surface area contributed by atoms with Crippen LogP contribution >= 0.6 is 0 Å². The molecule has 2 aromatic carbocycles. The first-order chi connectivity index (χ1) is 7.63. The van der Waals surface area contributed by atoms with Gasteiger partial charge in [-0.2, -0.15) is 0 Å². The summed E-state index contributed by atoms with van der Waals surface area (Å²) < 4.78 is 18.7. The molecular weight excluding hydrogens is 203 g/mol. The van der Waals surface area contributed by atoms with Crippen LogP contribution in [0.15, 0.2) is 42.5 Å². The summed E-state index contributed by atoms with van der Waals surface area (Å²) in [7, 11) is 0. The summed E-state index contributed by atoms with van der Waals surface area (Å²) in [5, 5.41) is 0. The molecule has 0 radical (unpaired) electrons. The average molecular weight is 216 g/mol. The number of aryl methyl sites for hydroxylation is 2. The van der Waals surface area contributed by atoms with Gasteiger partial charge in [-0.1, -0.05) is 17.7 Å². The lowest BCUT2D eigenvalue weighted by atomic mass is 10.2. The van der Waals surface area contributed by atoms with Gasteiger partial charge in [0.05, 0.1) is 0 Å². The quantitative estimate of drug-likeness (QED) is 0.729. The summed E-state index contributed by atoms with van der Waals surface area (Å²) in [4.78, 5) is 0. The molecule has 0 aliphatic rings. The van der Waals surface area contributed by atoms with Gasteiger partial charge in [0.15, 0.2) is 0 Å². The van der Waals surface area contributed by atoms with E-state index in [0.717, 1.165) is 11.3 Å². The molecule has 0 spiro atoms. The van der Waals surface area contributed by atoms with Crippen molar-refractivity contribution in [3.05, 3.63) is 59.4 Å². The maximum Gasteiger partial charge on any atom is 0.130 e. The maximum atomic E-state index is 13.1. The Morgan fingerprint density at radius 1 is 0.812 bits per heavy atom. The van der Waals surface area contributed by atoms with Gasteiger partial charge in [0.1, 0.15) is 17.3 Å². The molecule has 0 saturated carbocycles. The molecule has 0 heterocycles. The van der Waals surface area contributed by atoms with Crippen LogP contribution in [0, 0.1) is 19.7 Å². The van der Waals surface area contributed by atoms with Crippen LogP contribution in [0.25, 0.3) is 0 Å². The number of halogens is 1. The van der Waals surface area contributed by atoms with Crippen LogP contribution in [0.3, 0.4) is 0 Å². The number of rotatable bonds is 2. The predicted molar refractivity (Wildman–Crippen MR) is 62.4 cm³/mol. The monoisotopic (exact) mass is 216 g/mol. The molecule has 0 aliphatic carbocycles. The summed E-state index contributed by atoms with van der Waals surface area (Å²) in [5.74, 6) is 0.971. The van der Waals surface area contributed by atoms with Gasteiger partial charge in [0.25, 0.3) is 0 Å². The van der Waals surface area contributed by atoms with Crippen molar-refractivity contribution in [2.45, 2.75) is 13.8 Å². The smallest absolute Gasteiger partial charge is 0.130 e. The van der Waals surface area contributed by atoms with E-state index in [1.807, 2.05) is 44.2 Å². The van der Waals surface area contributed by atoms with Crippen LogP contribution in [-0.4, -0.2) is 0 Å². The topological polar surface area (TPSA) is 9.23 Å². The van der Waals surface area contributed by atoms with Crippen molar-refractivity contribution in [2.75, 3.05) is 0 Å². The summed E-state index contributed by atoms with van der Waals surface area (Å²) in [6.07, 6.45) is 0. The Kier molecular flexibility index (Phi) is 2.91. The van der Waals surface area contributed by atoms with E-state index in [4.69, 9.17) is 4.74 Å². The number of ether oxygens (including phenoxy) is 1. The Bertz CT molecular complexity index is 468. The standard InChI is InChI=1S/C14H13FO/c1-10-3-5-13(6-4-10)16-14-8-11(2)7-12(15)9-14/h3-9H,1-2H3. The number of hydrogen-bond donors (Lipinski definition) is 0. The Morgan fingerprint density at radius 3 is 2.12 bits per heavy atom. The normalized spacial score (nSPS) is 10.2. The summed E-state index contributed by atoms with van der Waals surface area (Å²) >= 11 is 0. The second-order valence-electron chi connectivity index (χ2n) is 3.88. The van der Waals surface area contributed by atoms with Crippen LogP contribution in [0.4, 0.5) is 4.39 Å². The molecular formula is C14H13FO. The van der Waals surface area contributed by atoms with Crippen molar-refractivity contribution in [2.24, 2.45) is 0 Å². The highest BCUT2D eigenvalue weighted by molar-refractivity contribution is 5.35. The zero-order chi connectivity index (χ0) is 11.5. The van der Waals surface area contributed by atoms with Crippen molar-refractivity contribution in [1.29, 1.82) is 0 Å². The van der Waals surface area contributed by atoms with E-state index in [1.165, 1.54) is 17.7 Å². The maximum absolute atomic E-state index is 13.1. The second kappa shape index (κ2) is 4.35. The Labute approximate surface area is 94.5 Å². The van der Waals surface area contributed by atoms with Crippen molar-refractivity contribution >= 4 is 0 Å². The zero-order valence-electron chi connectivity index (χ0n) is 9.33. The number of benzene rings is 2. The number of hydrogen-bond acceptors (Lipinski definition) is 1. The molecule has 16 heavy (non-hydrogen) atoms. The third kappa shape index (κ3) is 2.60. The zero-order valence-corrected chi connectivity index (χ0v) is 9.33. The van der Waals surface area contributed by atoms with Crippen molar-refractivity contribution in [3.63, 3.8) is 0 Å². The van der Waals surface area contributed by atoms with Gasteiger partial charge in [0.2, 0.25) is 0 Å². The molecule has 82 valence electrons. The molecule has 0 aliphatic heterocycles. The minimum atomic E-state index is -0.276. The van der Waals surface area contributed by atoms with E-state index in [1.54, 1.807) is 0 Å². The van der Waals surface area contributed by atoms with E-state index in [9.17, 15) is 4.39 Å². The lowest BCUT2D eigenvalue weighted by Gasteiger charge is -2.06. The van der Waals surface area contributed by atoms with Gasteiger partial charge in [0, 0.05) is 6.07 Å². The highest BCUT2D eigenvalue weighted by Gasteiger charge is 2.00. The molecule has 2 heteroatoms. The van der Waals surface area contributed by atoms with Crippen LogP contribution in [-0.2, 0) is 0 Å². The van der Waals surface area contributed by atoms with E-state index in [-0.39, 0.29) is 5.82 Å². The van der Waals surface area contributed by atoms with Gasteiger partial charge in [-0.25, -0.2) is 4.39 Å². The van der Waals surface area contributed by atoms with E-state index in [0.29, 0.717) is 5.75 Å². The first-order valence-corrected chi connectivity index (χ1v) is 5.15. The van der Waals surface area contributed by atoms with Crippen LogP contribution in [0.1, 0.15) is 11.1 Å². The molecule has 2 rings (SSSR count). The van der Waals surface area contributed by atoms with Gasteiger partial charge in [-0.05, 0) is 43.7 Å². The second-order valence-corrected chi connectivity index (χ2v) is 3.88. The molecule has 0 saturated heterocycles. The molecule has 2 aromatic rings. The molecule has 0 fully saturated rings. The molecule has 0 amide bonds. The Hall–Kier alpha value is -1.83. The first kappa shape index (κ1) is 10.7. The summed E-state index contributed by atoms with van der Waals surface area (Å²) in [6.45, 7) is 3.85. The van der Waals surface area contributed by atoms with E-state index in [2.05, 4.69) is 0 Å². The highest BCUT2D eigenvalue weighted by atomic mass is 19.1. The van der Waals surface area contributed by atoms with Crippen molar-refractivity contribution in [3.8, 4) is 11.5 Å². The summed E-state index contributed by atoms with van der Waals surface area (Å²) in [6, 6.07) is 12.3.